The van der Waals surface area contributed by atoms with E-state index in [1.165, 1.54) is 103 Å². The minimum absolute atomic E-state index is 0. The number of hydrogen-bond donors (Lipinski definition) is 2. The molecule has 0 saturated heterocycles. The topological polar surface area (TPSA) is 118 Å². The highest BCUT2D eigenvalue weighted by molar-refractivity contribution is 7.79. The molecule has 0 saturated carbocycles. The maximum atomic E-state index is 11.6. The van der Waals surface area contributed by atoms with Crippen LogP contribution >= 0.6 is 30.6 Å². The van der Waals surface area contributed by atoms with Gasteiger partial charge in [-0.05, 0) is 60.2 Å². The van der Waals surface area contributed by atoms with E-state index in [4.69, 9.17) is 0 Å². The van der Waals surface area contributed by atoms with Crippen LogP contribution in [0.1, 0.15) is 7.43 Å². The van der Waals surface area contributed by atoms with Gasteiger partial charge in [0.25, 0.3) is 11.4 Å². The number of fused-ring (bicyclic) bond motifs is 14. The Bertz CT molecular complexity index is 4390. The molecule has 0 atom stereocenters. The first-order valence-corrected chi connectivity index (χ1v) is 28.0. The van der Waals surface area contributed by atoms with Gasteiger partial charge < -0.3 is 9.97 Å². The van der Waals surface area contributed by atoms with Crippen LogP contribution in [0.3, 0.4) is 0 Å². The summed E-state index contributed by atoms with van der Waals surface area (Å²) in [5, 5.41) is 37.3. The first kappa shape index (κ1) is 49.6. The van der Waals surface area contributed by atoms with Crippen molar-refractivity contribution in [1.29, 1.82) is 0 Å². The van der Waals surface area contributed by atoms with Crippen LogP contribution in [0.5, 0.6) is 0 Å². The fourth-order valence-electron chi connectivity index (χ4n) is 10.7. The summed E-state index contributed by atoms with van der Waals surface area (Å²) in [7, 11) is -0.446. The summed E-state index contributed by atoms with van der Waals surface area (Å²) < 4.78 is 4.58. The Labute approximate surface area is 457 Å². The van der Waals surface area contributed by atoms with Gasteiger partial charge in [0.2, 0.25) is 0 Å². The van der Waals surface area contributed by atoms with E-state index in [0.29, 0.717) is 11.1 Å². The smallest absolute Gasteiger partial charge is 0.277 e. The molecule has 376 valence electrons. The van der Waals surface area contributed by atoms with Crippen molar-refractivity contribution in [2.75, 3.05) is 0 Å². The van der Waals surface area contributed by atoms with Crippen molar-refractivity contribution < 1.29 is 9.85 Å². The Morgan fingerprint density at radius 1 is 0.308 bits per heavy atom. The van der Waals surface area contributed by atoms with Crippen LogP contribution in [0.2, 0.25) is 0 Å². The lowest BCUT2D eigenvalue weighted by Gasteiger charge is -2.18. The van der Waals surface area contributed by atoms with E-state index in [-0.39, 0.29) is 28.6 Å². The van der Waals surface area contributed by atoms with E-state index >= 15 is 0 Å². The van der Waals surface area contributed by atoms with Crippen LogP contribution in [0, 0.1) is 20.2 Å². The molecular weight excluding hydrogens is 1020 g/mol. The highest BCUT2D eigenvalue weighted by Crippen LogP contribution is 2.48. The molecule has 15 rings (SSSR count). The summed E-state index contributed by atoms with van der Waals surface area (Å²) in [6, 6.07) is 83.4. The zero-order chi connectivity index (χ0) is 52.0. The molecule has 0 fully saturated rings. The summed E-state index contributed by atoms with van der Waals surface area (Å²) in [4.78, 5) is 29.6. The molecule has 0 bridgehead atoms. The maximum absolute atomic E-state index is 11.6. The van der Waals surface area contributed by atoms with Crippen molar-refractivity contribution in [1.82, 2.24) is 9.97 Å². The third kappa shape index (κ3) is 8.81. The van der Waals surface area contributed by atoms with Crippen molar-refractivity contribution in [3.63, 3.8) is 0 Å². The molecule has 2 N–H and O–H groups in total. The fourth-order valence-corrected chi connectivity index (χ4v) is 15.8. The molecule has 0 spiro atoms. The first-order chi connectivity index (χ1) is 37.9. The highest BCUT2D eigenvalue weighted by Gasteiger charge is 2.23. The van der Waals surface area contributed by atoms with Gasteiger partial charge in [0, 0.05) is 107 Å². The minimum atomic E-state index is -0.446. The second-order valence-corrected chi connectivity index (χ2v) is 22.8. The van der Waals surface area contributed by atoms with Crippen molar-refractivity contribution in [2.45, 2.75) is 7.43 Å². The Hall–Kier alpha value is -9.31. The molecular formula is C67H47N4O4PS2. The van der Waals surface area contributed by atoms with Crippen molar-refractivity contribution in [3.05, 3.63) is 269 Å². The van der Waals surface area contributed by atoms with Crippen molar-refractivity contribution in [2.24, 2.45) is 0 Å². The average molecular weight is 1070 g/mol. The molecule has 0 aliphatic heterocycles. The minimum Gasteiger partial charge on any atom is -0.354 e. The van der Waals surface area contributed by atoms with Crippen LogP contribution in [0.4, 0.5) is 11.4 Å². The standard InChI is InChI=1S/C24H14N2O4S.C24H14N2S.C18H15P.CH4/c27-25(28)21-13-3-1-7-15(21)17-9-5-11-19-20-12-6-10-18(24(20)31-23(17)19)16-8-2-4-14-22(16)26(29)30;1-3-7-17-15(5-1)21-19(25-17)11-9-13-14-10-12-20-22(24(14)27-23(13)21)16-6-2-4-8-18(16)26-20;1-4-10-16(11-5-1)19(17-12-6-2-7-13-17)18-14-8-3-9-15-18;/h1-14H;1-12,25-26H;1-15H;1H4. The number of nitro benzene ring substituents is 2. The number of benzene rings is 11. The first-order valence-electron chi connectivity index (χ1n) is 25.0. The number of nitro groups is 2. The number of nitrogens with zero attached hydrogens (tertiary/aromatic N) is 2. The molecule has 78 heavy (non-hydrogen) atoms. The predicted octanol–water partition coefficient (Wildman–Crippen LogP) is 18.6. The lowest BCUT2D eigenvalue weighted by atomic mass is 9.99. The molecule has 0 radical (unpaired) electrons. The van der Waals surface area contributed by atoms with Crippen LogP contribution in [0.25, 0.3) is 106 Å². The zero-order valence-electron chi connectivity index (χ0n) is 41.0. The third-order valence-electron chi connectivity index (χ3n) is 14.1. The predicted molar refractivity (Wildman–Crippen MR) is 333 cm³/mol. The molecule has 0 aliphatic carbocycles. The van der Waals surface area contributed by atoms with Gasteiger partial charge in [0.15, 0.2) is 0 Å². The van der Waals surface area contributed by atoms with Gasteiger partial charge in [0.05, 0.1) is 21.0 Å². The van der Waals surface area contributed by atoms with E-state index in [1.807, 2.05) is 47.7 Å². The lowest BCUT2D eigenvalue weighted by Crippen LogP contribution is -2.20. The Kier molecular flexibility index (Phi) is 13.4. The molecule has 0 aliphatic rings. The Morgan fingerprint density at radius 3 is 1.04 bits per heavy atom. The fraction of sp³-hybridized carbons (Fsp3) is 0.0149. The van der Waals surface area contributed by atoms with Gasteiger partial charge in [0.1, 0.15) is 0 Å². The number of aromatic amines is 2. The van der Waals surface area contributed by atoms with Gasteiger partial charge in [-0.2, -0.15) is 0 Å². The summed E-state index contributed by atoms with van der Waals surface area (Å²) in [5.41, 5.74) is 7.59. The summed E-state index contributed by atoms with van der Waals surface area (Å²) in [6.45, 7) is 0. The van der Waals surface area contributed by atoms with E-state index < -0.39 is 7.92 Å². The Balaban J connectivity index is 0.000000120. The van der Waals surface area contributed by atoms with Crippen molar-refractivity contribution in [3.8, 4) is 22.3 Å². The number of hydrogen-bond acceptors (Lipinski definition) is 6. The average Bonchev–Trinajstić information content (AvgIpc) is 4.47. The van der Waals surface area contributed by atoms with Gasteiger partial charge in [-0.15, -0.1) is 22.7 Å². The van der Waals surface area contributed by atoms with Crippen LogP contribution < -0.4 is 15.9 Å². The number of rotatable bonds is 7. The normalized spacial score (nSPS) is 11.3. The number of H-pyrrole nitrogens is 2. The molecule has 0 amide bonds. The molecule has 4 aromatic heterocycles. The number of nitrogens with one attached hydrogen (secondary N) is 2. The van der Waals surface area contributed by atoms with Crippen LogP contribution in [-0.2, 0) is 0 Å². The zero-order valence-corrected chi connectivity index (χ0v) is 43.5. The number of thiophene rings is 2. The van der Waals surface area contributed by atoms with E-state index in [1.54, 1.807) is 36.4 Å². The highest BCUT2D eigenvalue weighted by atomic mass is 32.1. The molecule has 11 heteroatoms. The second-order valence-electron chi connectivity index (χ2n) is 18.5. The molecule has 0 unspecified atom stereocenters. The molecule has 8 nitrogen and oxygen atoms in total. The van der Waals surface area contributed by atoms with Crippen LogP contribution in [-0.4, -0.2) is 19.8 Å². The maximum Gasteiger partial charge on any atom is 0.277 e. The number of para-hydroxylation sites is 4. The molecule has 11 aromatic carbocycles. The monoisotopic (exact) mass is 1070 g/mol. The Morgan fingerprint density at radius 2 is 0.628 bits per heavy atom. The summed E-state index contributed by atoms with van der Waals surface area (Å²) in [6.07, 6.45) is 0. The quantitative estimate of drug-likeness (QED) is 0.0939. The van der Waals surface area contributed by atoms with E-state index in [2.05, 4.69) is 174 Å². The van der Waals surface area contributed by atoms with Gasteiger partial charge in [-0.25, -0.2) is 0 Å². The SMILES string of the molecule is C.O=[N+]([O-])c1ccccc1-c1cccc2c1sc1c(-c3ccccc3[N+](=O)[O-])cccc12.c1ccc(P(c2ccccc2)c2ccccc2)cc1.c1ccc2c(c1)[nH]c1ccc3c4ccc5[nH]c6ccccc6c5c4sc3c12. The largest absolute Gasteiger partial charge is 0.354 e. The van der Waals surface area contributed by atoms with Gasteiger partial charge >= 0.3 is 0 Å². The third-order valence-corrected chi connectivity index (χ3v) is 19.1. The van der Waals surface area contributed by atoms with E-state index in [0.717, 1.165) is 31.3 Å². The summed E-state index contributed by atoms with van der Waals surface area (Å²) >= 11 is 3.42. The lowest BCUT2D eigenvalue weighted by molar-refractivity contribution is -0.384. The number of aromatic nitrogens is 2. The molecule has 15 aromatic rings. The molecule has 4 heterocycles. The van der Waals surface area contributed by atoms with Crippen LogP contribution in [0.15, 0.2) is 249 Å². The van der Waals surface area contributed by atoms with Crippen molar-refractivity contribution >= 4 is 142 Å². The second kappa shape index (κ2) is 21.0. The van der Waals surface area contributed by atoms with E-state index in [9.17, 15) is 20.2 Å². The summed E-state index contributed by atoms with van der Waals surface area (Å²) in [5.74, 6) is 0. The van der Waals surface area contributed by atoms with Gasteiger partial charge in [-0.3, -0.25) is 20.2 Å². The van der Waals surface area contributed by atoms with Gasteiger partial charge in [-0.1, -0.05) is 208 Å².